The SMILES string of the molecule is CCn1nc(C(=O)N2CCCC2)c2c1CC[C@@H](NCc1ccc(C)o1)C2. The Morgan fingerprint density at radius 1 is 1.35 bits per heavy atom. The van der Waals surface area contributed by atoms with Gasteiger partial charge in [0.05, 0.1) is 6.54 Å². The van der Waals surface area contributed by atoms with Gasteiger partial charge >= 0.3 is 0 Å². The van der Waals surface area contributed by atoms with Crippen LogP contribution >= 0.6 is 0 Å². The maximum absolute atomic E-state index is 13.0. The summed E-state index contributed by atoms with van der Waals surface area (Å²) in [5, 5.41) is 8.29. The number of fused-ring (bicyclic) bond motifs is 1. The van der Waals surface area contributed by atoms with Gasteiger partial charge in [-0.2, -0.15) is 5.10 Å². The van der Waals surface area contributed by atoms with Gasteiger partial charge < -0.3 is 14.6 Å². The molecule has 6 heteroatoms. The fourth-order valence-electron chi connectivity index (χ4n) is 4.19. The van der Waals surface area contributed by atoms with E-state index in [1.165, 1.54) is 5.69 Å². The highest BCUT2D eigenvalue weighted by molar-refractivity contribution is 5.94. The molecule has 26 heavy (non-hydrogen) atoms. The molecule has 2 aliphatic rings. The van der Waals surface area contributed by atoms with Crippen molar-refractivity contribution in [3.8, 4) is 0 Å². The van der Waals surface area contributed by atoms with Crippen LogP contribution in [-0.4, -0.2) is 39.7 Å². The second kappa shape index (κ2) is 7.27. The van der Waals surface area contributed by atoms with Crippen LogP contribution in [0, 0.1) is 6.92 Å². The van der Waals surface area contributed by atoms with Crippen molar-refractivity contribution in [2.75, 3.05) is 13.1 Å². The first-order valence-electron chi connectivity index (χ1n) is 9.82. The Morgan fingerprint density at radius 3 is 2.85 bits per heavy atom. The predicted octanol–water partition coefficient (Wildman–Crippen LogP) is 2.69. The van der Waals surface area contributed by atoms with Gasteiger partial charge in [-0.3, -0.25) is 9.48 Å². The third-order valence-corrected chi connectivity index (χ3v) is 5.60. The Hall–Kier alpha value is -2.08. The predicted molar refractivity (Wildman–Crippen MR) is 99.1 cm³/mol. The van der Waals surface area contributed by atoms with E-state index in [0.29, 0.717) is 11.7 Å². The van der Waals surface area contributed by atoms with Crippen LogP contribution in [-0.2, 0) is 25.9 Å². The third-order valence-electron chi connectivity index (χ3n) is 5.60. The topological polar surface area (TPSA) is 63.3 Å². The highest BCUT2D eigenvalue weighted by Gasteiger charge is 2.31. The van der Waals surface area contributed by atoms with Gasteiger partial charge in [-0.1, -0.05) is 0 Å². The molecule has 1 aliphatic carbocycles. The van der Waals surface area contributed by atoms with Crippen LogP contribution in [0.15, 0.2) is 16.5 Å². The lowest BCUT2D eigenvalue weighted by atomic mass is 9.91. The summed E-state index contributed by atoms with van der Waals surface area (Å²) in [7, 11) is 0. The summed E-state index contributed by atoms with van der Waals surface area (Å²) in [5.74, 6) is 2.02. The molecule has 1 N–H and O–H groups in total. The smallest absolute Gasteiger partial charge is 0.274 e. The van der Waals surface area contributed by atoms with Crippen LogP contribution in [0.3, 0.4) is 0 Å². The lowest BCUT2D eigenvalue weighted by molar-refractivity contribution is 0.0785. The molecule has 1 fully saturated rings. The second-order valence-electron chi connectivity index (χ2n) is 7.42. The van der Waals surface area contributed by atoms with E-state index < -0.39 is 0 Å². The maximum Gasteiger partial charge on any atom is 0.274 e. The van der Waals surface area contributed by atoms with Gasteiger partial charge in [0.2, 0.25) is 0 Å². The highest BCUT2D eigenvalue weighted by Crippen LogP contribution is 2.27. The number of aryl methyl sites for hydroxylation is 2. The van der Waals surface area contributed by atoms with Gasteiger partial charge in [-0.05, 0) is 58.1 Å². The van der Waals surface area contributed by atoms with Crippen molar-refractivity contribution in [3.63, 3.8) is 0 Å². The Morgan fingerprint density at radius 2 is 2.15 bits per heavy atom. The number of carbonyl (C=O) groups excluding carboxylic acids is 1. The van der Waals surface area contributed by atoms with Gasteiger partial charge in [0.15, 0.2) is 5.69 Å². The zero-order valence-electron chi connectivity index (χ0n) is 15.8. The quantitative estimate of drug-likeness (QED) is 0.895. The molecule has 3 heterocycles. The van der Waals surface area contributed by atoms with E-state index in [-0.39, 0.29) is 5.91 Å². The van der Waals surface area contributed by atoms with E-state index in [9.17, 15) is 4.79 Å². The number of furan rings is 1. The minimum atomic E-state index is 0.119. The Kier molecular flexibility index (Phi) is 4.85. The molecule has 1 aliphatic heterocycles. The number of hydrogen-bond acceptors (Lipinski definition) is 4. The van der Waals surface area contributed by atoms with Gasteiger partial charge in [0, 0.05) is 36.9 Å². The Bertz CT molecular complexity index is 786. The lowest BCUT2D eigenvalue weighted by Crippen LogP contribution is -2.35. The summed E-state index contributed by atoms with van der Waals surface area (Å²) < 4.78 is 7.69. The summed E-state index contributed by atoms with van der Waals surface area (Å²) in [6.07, 6.45) is 5.11. The Labute approximate surface area is 154 Å². The van der Waals surface area contributed by atoms with Crippen LogP contribution in [0.4, 0.5) is 0 Å². The van der Waals surface area contributed by atoms with Crippen molar-refractivity contribution in [2.45, 2.75) is 65.1 Å². The summed E-state index contributed by atoms with van der Waals surface area (Å²) in [6.45, 7) is 7.34. The molecule has 140 valence electrons. The molecule has 2 aromatic heterocycles. The minimum Gasteiger partial charge on any atom is -0.465 e. The van der Waals surface area contributed by atoms with Crippen molar-refractivity contribution < 1.29 is 9.21 Å². The molecule has 6 nitrogen and oxygen atoms in total. The molecule has 0 spiro atoms. The molecule has 0 bridgehead atoms. The van der Waals surface area contributed by atoms with E-state index in [4.69, 9.17) is 9.52 Å². The number of nitrogens with zero attached hydrogens (tertiary/aromatic N) is 3. The zero-order valence-corrected chi connectivity index (χ0v) is 15.8. The summed E-state index contributed by atoms with van der Waals surface area (Å²) in [4.78, 5) is 14.9. The fourth-order valence-corrected chi connectivity index (χ4v) is 4.19. The minimum absolute atomic E-state index is 0.119. The molecule has 0 aromatic carbocycles. The number of carbonyl (C=O) groups is 1. The first-order chi connectivity index (χ1) is 12.7. The normalized spacial score (nSPS) is 19.8. The van der Waals surface area contributed by atoms with E-state index in [2.05, 4.69) is 12.2 Å². The summed E-state index contributed by atoms with van der Waals surface area (Å²) >= 11 is 0. The molecule has 1 atom stereocenters. The van der Waals surface area contributed by atoms with Crippen molar-refractivity contribution in [2.24, 2.45) is 0 Å². The lowest BCUT2D eigenvalue weighted by Gasteiger charge is -2.24. The monoisotopic (exact) mass is 356 g/mol. The van der Waals surface area contributed by atoms with Gasteiger partial charge in [-0.15, -0.1) is 0 Å². The molecule has 0 unspecified atom stereocenters. The Balaban J connectivity index is 1.50. The maximum atomic E-state index is 13.0. The highest BCUT2D eigenvalue weighted by atomic mass is 16.3. The van der Waals surface area contributed by atoms with Gasteiger partial charge in [0.25, 0.3) is 5.91 Å². The van der Waals surface area contributed by atoms with Crippen molar-refractivity contribution in [3.05, 3.63) is 40.6 Å². The van der Waals surface area contributed by atoms with Crippen LogP contribution < -0.4 is 5.32 Å². The largest absolute Gasteiger partial charge is 0.465 e. The van der Waals surface area contributed by atoms with Crippen LogP contribution in [0.2, 0.25) is 0 Å². The van der Waals surface area contributed by atoms with Gasteiger partial charge in [-0.25, -0.2) is 0 Å². The van der Waals surface area contributed by atoms with E-state index >= 15 is 0 Å². The van der Waals surface area contributed by atoms with Gasteiger partial charge in [0.1, 0.15) is 11.5 Å². The van der Waals surface area contributed by atoms with Crippen molar-refractivity contribution in [1.82, 2.24) is 20.0 Å². The molecular formula is C20H28N4O2. The fraction of sp³-hybridized carbons (Fsp3) is 0.600. The summed E-state index contributed by atoms with van der Waals surface area (Å²) in [5.41, 5.74) is 3.09. The van der Waals surface area contributed by atoms with E-state index in [1.54, 1.807) is 0 Å². The standard InChI is InChI=1S/C20H28N4O2/c1-3-24-18-9-7-15(21-13-16-8-6-14(2)26-16)12-17(18)19(22-24)20(25)23-10-4-5-11-23/h6,8,15,21H,3-5,7,9-13H2,1-2H3/t15-/m1/s1. The molecule has 2 aromatic rings. The van der Waals surface area contributed by atoms with E-state index in [1.807, 2.05) is 28.6 Å². The summed E-state index contributed by atoms with van der Waals surface area (Å²) in [6, 6.07) is 4.37. The van der Waals surface area contributed by atoms with Crippen LogP contribution in [0.5, 0.6) is 0 Å². The van der Waals surface area contributed by atoms with Crippen molar-refractivity contribution >= 4 is 5.91 Å². The molecule has 4 rings (SSSR count). The number of nitrogens with one attached hydrogen (secondary N) is 1. The number of rotatable bonds is 5. The average molecular weight is 356 g/mol. The molecule has 1 amide bonds. The number of amides is 1. The number of aromatic nitrogens is 2. The number of likely N-dealkylation sites (tertiary alicyclic amines) is 1. The third kappa shape index (κ3) is 3.30. The molecule has 0 radical (unpaired) electrons. The average Bonchev–Trinajstić information content (AvgIpc) is 3.39. The first kappa shape index (κ1) is 17.3. The van der Waals surface area contributed by atoms with Crippen molar-refractivity contribution in [1.29, 1.82) is 0 Å². The molecule has 0 saturated carbocycles. The second-order valence-corrected chi connectivity index (χ2v) is 7.42. The molecular weight excluding hydrogens is 328 g/mol. The van der Waals surface area contributed by atoms with Crippen LogP contribution in [0.25, 0.3) is 0 Å². The number of hydrogen-bond donors (Lipinski definition) is 1. The molecule has 1 saturated heterocycles. The first-order valence-corrected chi connectivity index (χ1v) is 9.82. The van der Waals surface area contributed by atoms with E-state index in [0.717, 1.165) is 75.4 Å². The zero-order chi connectivity index (χ0) is 18.1. The van der Waals surface area contributed by atoms with Crippen LogP contribution in [0.1, 0.15) is 59.5 Å².